The molecule has 0 aromatic heterocycles. The minimum atomic E-state index is -3.29. The first-order valence-corrected chi connectivity index (χ1v) is 10.7. The molecule has 2 rings (SSSR count). The summed E-state index contributed by atoms with van der Waals surface area (Å²) in [7, 11) is -3.29. The molecule has 146 valence electrons. The first kappa shape index (κ1) is 21.0. The number of halogens is 2. The van der Waals surface area contributed by atoms with Crippen molar-refractivity contribution in [2.75, 3.05) is 12.0 Å². The maximum Gasteiger partial charge on any atom is 0.224 e. The topological polar surface area (TPSA) is 54.5 Å². The van der Waals surface area contributed by atoms with Crippen molar-refractivity contribution >= 4 is 15.7 Å². The molecule has 0 saturated heterocycles. The molecular formula is C20H23F2NO3S. The van der Waals surface area contributed by atoms with Crippen molar-refractivity contribution in [2.45, 2.75) is 32.4 Å². The van der Waals surface area contributed by atoms with E-state index in [1.807, 2.05) is 6.92 Å². The fourth-order valence-corrected chi connectivity index (χ4v) is 3.49. The van der Waals surface area contributed by atoms with Crippen molar-refractivity contribution in [2.24, 2.45) is 0 Å². The molecule has 0 N–H and O–H groups in total. The number of carbonyl (C=O) groups is 1. The fourth-order valence-electron chi connectivity index (χ4n) is 2.94. The average Bonchev–Trinajstić information content (AvgIpc) is 2.60. The van der Waals surface area contributed by atoms with E-state index in [2.05, 4.69) is 0 Å². The summed E-state index contributed by atoms with van der Waals surface area (Å²) in [4.78, 5) is 14.3. The van der Waals surface area contributed by atoms with Gasteiger partial charge in [-0.3, -0.25) is 4.79 Å². The van der Waals surface area contributed by atoms with E-state index in [0.29, 0.717) is 12.0 Å². The highest BCUT2D eigenvalue weighted by atomic mass is 32.2. The van der Waals surface area contributed by atoms with Crippen molar-refractivity contribution in [1.82, 2.24) is 4.90 Å². The molecule has 7 heteroatoms. The highest BCUT2D eigenvalue weighted by molar-refractivity contribution is 7.90. The van der Waals surface area contributed by atoms with Crippen LogP contribution >= 0.6 is 0 Å². The first-order valence-electron chi connectivity index (χ1n) is 8.66. The number of sulfone groups is 1. The second-order valence-corrected chi connectivity index (χ2v) is 8.77. The maximum atomic E-state index is 13.5. The second-order valence-electron chi connectivity index (χ2n) is 6.51. The quantitative estimate of drug-likeness (QED) is 0.682. The molecule has 27 heavy (non-hydrogen) atoms. The van der Waals surface area contributed by atoms with E-state index in [4.69, 9.17) is 0 Å². The van der Waals surface area contributed by atoms with Crippen LogP contribution in [0.2, 0.25) is 0 Å². The van der Waals surface area contributed by atoms with Crippen molar-refractivity contribution in [1.29, 1.82) is 0 Å². The van der Waals surface area contributed by atoms with Gasteiger partial charge in [-0.25, -0.2) is 17.2 Å². The molecule has 0 bridgehead atoms. The molecule has 0 radical (unpaired) electrons. The molecule has 1 atom stereocenters. The monoisotopic (exact) mass is 395 g/mol. The predicted molar refractivity (Wildman–Crippen MR) is 101 cm³/mol. The van der Waals surface area contributed by atoms with Gasteiger partial charge in [0.05, 0.1) is 11.8 Å². The highest BCUT2D eigenvalue weighted by Crippen LogP contribution is 2.27. The zero-order chi connectivity index (χ0) is 20.0. The Morgan fingerprint density at radius 3 is 2.30 bits per heavy atom. The summed E-state index contributed by atoms with van der Waals surface area (Å²) in [6.07, 6.45) is 1.46. The van der Waals surface area contributed by atoms with Gasteiger partial charge in [0.2, 0.25) is 5.91 Å². The molecule has 1 unspecified atom stereocenters. The van der Waals surface area contributed by atoms with Gasteiger partial charge >= 0.3 is 0 Å². The van der Waals surface area contributed by atoms with Crippen LogP contribution in [0.25, 0.3) is 0 Å². The predicted octanol–water partition coefficient (Wildman–Crippen LogP) is 3.88. The molecule has 2 aromatic carbocycles. The van der Waals surface area contributed by atoms with Gasteiger partial charge in [0, 0.05) is 19.2 Å². The number of benzene rings is 2. The number of rotatable bonds is 8. The third kappa shape index (κ3) is 6.43. The van der Waals surface area contributed by atoms with Crippen molar-refractivity contribution < 1.29 is 22.0 Å². The van der Waals surface area contributed by atoms with Crippen LogP contribution < -0.4 is 0 Å². The second kappa shape index (κ2) is 9.08. The normalized spacial score (nSPS) is 12.6. The van der Waals surface area contributed by atoms with E-state index in [1.165, 1.54) is 29.2 Å². The number of nitrogens with zero attached hydrogens (tertiary/aromatic N) is 1. The van der Waals surface area contributed by atoms with Crippen molar-refractivity contribution in [3.8, 4) is 0 Å². The lowest BCUT2D eigenvalue weighted by molar-refractivity contribution is -0.134. The Morgan fingerprint density at radius 2 is 1.74 bits per heavy atom. The van der Waals surface area contributed by atoms with Gasteiger partial charge in [-0.1, -0.05) is 31.2 Å². The van der Waals surface area contributed by atoms with Gasteiger partial charge in [0.15, 0.2) is 0 Å². The molecule has 0 heterocycles. The molecule has 0 aliphatic rings. The summed E-state index contributed by atoms with van der Waals surface area (Å²) in [6.45, 7) is 2.02. The van der Waals surface area contributed by atoms with Crippen LogP contribution in [0, 0.1) is 11.6 Å². The zero-order valence-electron chi connectivity index (χ0n) is 15.4. The smallest absolute Gasteiger partial charge is 0.224 e. The molecule has 4 nitrogen and oxygen atoms in total. The standard InChI is InChI=1S/C20H23F2NO3S/c1-3-19(16-7-9-17(21)10-8-16)23(20(24)11-12-27(2,25)26)14-15-5-4-6-18(22)13-15/h4-10,13,19H,3,11-12,14H2,1-2H3. The molecule has 0 fully saturated rings. The molecule has 0 saturated carbocycles. The van der Waals surface area contributed by atoms with Crippen LogP contribution in [-0.4, -0.2) is 31.2 Å². The summed E-state index contributed by atoms with van der Waals surface area (Å²) in [5, 5.41) is 0. The van der Waals surface area contributed by atoms with Crippen LogP contribution in [0.3, 0.4) is 0 Å². The summed E-state index contributed by atoms with van der Waals surface area (Å²) in [5.41, 5.74) is 1.34. The van der Waals surface area contributed by atoms with Crippen LogP contribution in [-0.2, 0) is 21.2 Å². The molecule has 0 aliphatic heterocycles. The van der Waals surface area contributed by atoms with Crippen LogP contribution in [0.5, 0.6) is 0 Å². The lowest BCUT2D eigenvalue weighted by atomic mass is 10.0. The van der Waals surface area contributed by atoms with Gasteiger partial charge in [0.25, 0.3) is 0 Å². The minimum Gasteiger partial charge on any atom is -0.331 e. The third-order valence-corrected chi connectivity index (χ3v) is 5.21. The highest BCUT2D eigenvalue weighted by Gasteiger charge is 2.25. The summed E-state index contributed by atoms with van der Waals surface area (Å²) in [6, 6.07) is 11.4. The Kier molecular flexibility index (Phi) is 7.07. The van der Waals surface area contributed by atoms with E-state index in [0.717, 1.165) is 11.8 Å². The Bertz CT molecular complexity index is 882. The lowest BCUT2D eigenvalue weighted by Crippen LogP contribution is -2.35. The van der Waals surface area contributed by atoms with Crippen LogP contribution in [0.1, 0.15) is 36.9 Å². The third-order valence-electron chi connectivity index (χ3n) is 4.27. The average molecular weight is 395 g/mol. The Hall–Kier alpha value is -2.28. The van der Waals surface area contributed by atoms with Crippen molar-refractivity contribution in [3.63, 3.8) is 0 Å². The Morgan fingerprint density at radius 1 is 1.07 bits per heavy atom. The van der Waals surface area contributed by atoms with E-state index >= 15 is 0 Å². The molecule has 1 amide bonds. The minimum absolute atomic E-state index is 0.135. The number of amides is 1. The Balaban J connectivity index is 2.33. The van der Waals surface area contributed by atoms with Gasteiger partial charge in [-0.2, -0.15) is 0 Å². The SMILES string of the molecule is CCC(c1ccc(F)cc1)N(Cc1cccc(F)c1)C(=O)CCS(C)(=O)=O. The molecular weight excluding hydrogens is 372 g/mol. The maximum absolute atomic E-state index is 13.5. The van der Waals surface area contributed by atoms with Crippen molar-refractivity contribution in [3.05, 3.63) is 71.3 Å². The number of carbonyl (C=O) groups excluding carboxylic acids is 1. The number of hydrogen-bond donors (Lipinski definition) is 0. The van der Waals surface area contributed by atoms with Crippen LogP contribution in [0.15, 0.2) is 48.5 Å². The van der Waals surface area contributed by atoms with Gasteiger partial charge in [-0.15, -0.1) is 0 Å². The van der Waals surface area contributed by atoms with Gasteiger partial charge in [-0.05, 0) is 41.8 Å². The molecule has 0 aliphatic carbocycles. The van der Waals surface area contributed by atoms with Gasteiger partial charge in [0.1, 0.15) is 21.5 Å². The first-order chi connectivity index (χ1) is 12.7. The largest absolute Gasteiger partial charge is 0.331 e. The van der Waals surface area contributed by atoms with Gasteiger partial charge < -0.3 is 4.90 Å². The molecule has 2 aromatic rings. The van der Waals surface area contributed by atoms with E-state index in [1.54, 1.807) is 24.3 Å². The van der Waals surface area contributed by atoms with Crippen LogP contribution in [0.4, 0.5) is 8.78 Å². The fraction of sp³-hybridized carbons (Fsp3) is 0.350. The number of hydrogen-bond acceptors (Lipinski definition) is 3. The summed E-state index contributed by atoms with van der Waals surface area (Å²) < 4.78 is 49.7. The van der Waals surface area contributed by atoms with E-state index < -0.39 is 15.7 Å². The summed E-state index contributed by atoms with van der Waals surface area (Å²) >= 11 is 0. The molecule has 0 spiro atoms. The zero-order valence-corrected chi connectivity index (χ0v) is 16.2. The Labute approximate surface area is 158 Å². The van der Waals surface area contributed by atoms with E-state index in [9.17, 15) is 22.0 Å². The van der Waals surface area contributed by atoms with E-state index in [-0.39, 0.29) is 36.5 Å². The lowest BCUT2D eigenvalue weighted by Gasteiger charge is -2.32. The summed E-state index contributed by atoms with van der Waals surface area (Å²) in [5.74, 6) is -1.40.